The summed E-state index contributed by atoms with van der Waals surface area (Å²) in [5.41, 5.74) is 1.69. The first-order chi connectivity index (χ1) is 14.5. The van der Waals surface area contributed by atoms with Gasteiger partial charge in [0.15, 0.2) is 19.0 Å². The second kappa shape index (κ2) is 8.38. The Morgan fingerprint density at radius 2 is 1.93 bits per heavy atom. The third-order valence-electron chi connectivity index (χ3n) is 4.58. The topological polar surface area (TPSA) is 99.1 Å². The van der Waals surface area contributed by atoms with Gasteiger partial charge in [-0.25, -0.2) is 9.80 Å². The second-order valence-corrected chi connectivity index (χ2v) is 6.99. The molecule has 1 aliphatic rings. The van der Waals surface area contributed by atoms with Gasteiger partial charge in [0.25, 0.3) is 5.91 Å². The zero-order chi connectivity index (χ0) is 21.1. The number of amides is 1. The Morgan fingerprint density at radius 3 is 2.60 bits per heavy atom. The van der Waals surface area contributed by atoms with Crippen LogP contribution in [0.25, 0.3) is 0 Å². The van der Waals surface area contributed by atoms with E-state index < -0.39 is 24.5 Å². The van der Waals surface area contributed by atoms with Crippen molar-refractivity contribution in [1.29, 1.82) is 0 Å². The predicted molar refractivity (Wildman–Crippen MR) is 107 cm³/mol. The Balaban J connectivity index is 1.50. The number of nitrogens with zero attached hydrogens (tertiary/aromatic N) is 3. The van der Waals surface area contributed by atoms with Crippen molar-refractivity contribution in [3.05, 3.63) is 94.3 Å². The monoisotopic (exact) mass is 425 g/mol. The van der Waals surface area contributed by atoms with Crippen molar-refractivity contribution < 1.29 is 23.5 Å². The van der Waals surface area contributed by atoms with Gasteiger partial charge in [-0.05, 0) is 29.8 Å². The number of hydrogen-bond donors (Lipinski definition) is 0. The fourth-order valence-electron chi connectivity index (χ4n) is 3.09. The summed E-state index contributed by atoms with van der Waals surface area (Å²) in [6, 6.07) is 12.8. The standard InChI is InChI=1S/C21H16ClN3O5/c22-16-5-3-14(4-6-16)17-12-18(19-2-1-11-29-19)25(23-17)20(26)13-30-21(27)15-7-9-24(28)10-8-15/h1-11,18H,12-13H2/t18-/m0/s1. The predicted octanol–water partition coefficient (Wildman–Crippen LogP) is 3.10. The summed E-state index contributed by atoms with van der Waals surface area (Å²) < 4.78 is 11.1. The van der Waals surface area contributed by atoms with Crippen molar-refractivity contribution in [1.82, 2.24) is 5.01 Å². The Morgan fingerprint density at radius 1 is 1.20 bits per heavy atom. The molecule has 0 unspecified atom stereocenters. The molecule has 3 aromatic rings. The van der Waals surface area contributed by atoms with Crippen LogP contribution in [-0.2, 0) is 9.53 Å². The average Bonchev–Trinajstić information content (AvgIpc) is 3.43. The minimum absolute atomic E-state index is 0.171. The van der Waals surface area contributed by atoms with E-state index in [-0.39, 0.29) is 5.56 Å². The van der Waals surface area contributed by atoms with Crippen LogP contribution in [0.4, 0.5) is 0 Å². The van der Waals surface area contributed by atoms with Crippen LogP contribution in [0.3, 0.4) is 0 Å². The molecule has 1 aliphatic heterocycles. The number of aromatic nitrogens is 1. The zero-order valence-electron chi connectivity index (χ0n) is 15.6. The molecule has 8 nitrogen and oxygen atoms in total. The zero-order valence-corrected chi connectivity index (χ0v) is 16.4. The number of ether oxygens (including phenoxy) is 1. The van der Waals surface area contributed by atoms with Gasteiger partial charge in [0.05, 0.1) is 17.5 Å². The SMILES string of the molecule is O=C(OCC(=O)N1N=C(c2ccc(Cl)cc2)C[C@H]1c1ccco1)c1cc[n+]([O-])cc1. The number of halogens is 1. The largest absolute Gasteiger partial charge is 0.619 e. The molecule has 1 amide bonds. The Labute approximate surface area is 176 Å². The summed E-state index contributed by atoms with van der Waals surface area (Å²) in [5, 5.41) is 17.4. The van der Waals surface area contributed by atoms with Gasteiger partial charge in [-0.15, -0.1) is 0 Å². The Kier molecular flexibility index (Phi) is 5.49. The number of hydrogen-bond acceptors (Lipinski definition) is 6. The minimum Gasteiger partial charge on any atom is -0.619 e. The minimum atomic E-state index is -0.709. The summed E-state index contributed by atoms with van der Waals surface area (Å²) in [7, 11) is 0. The van der Waals surface area contributed by atoms with Crippen LogP contribution in [-0.4, -0.2) is 29.2 Å². The summed E-state index contributed by atoms with van der Waals surface area (Å²) in [6.07, 6.45) is 4.32. The highest BCUT2D eigenvalue weighted by Crippen LogP contribution is 2.33. The second-order valence-electron chi connectivity index (χ2n) is 6.55. The van der Waals surface area contributed by atoms with Crippen molar-refractivity contribution in [3.8, 4) is 0 Å². The molecule has 1 atom stereocenters. The van der Waals surface area contributed by atoms with Crippen LogP contribution in [0.5, 0.6) is 0 Å². The third-order valence-corrected chi connectivity index (χ3v) is 4.83. The van der Waals surface area contributed by atoms with E-state index in [1.807, 2.05) is 12.1 Å². The first kappa shape index (κ1) is 19.7. The highest BCUT2D eigenvalue weighted by molar-refractivity contribution is 6.30. The fraction of sp³-hybridized carbons (Fsp3) is 0.143. The maximum Gasteiger partial charge on any atom is 0.339 e. The van der Waals surface area contributed by atoms with Gasteiger partial charge in [0.1, 0.15) is 11.8 Å². The molecule has 0 fully saturated rings. The molecule has 4 rings (SSSR count). The average molecular weight is 426 g/mol. The van der Waals surface area contributed by atoms with Gasteiger partial charge in [-0.2, -0.15) is 9.83 Å². The molecule has 0 spiro atoms. The van der Waals surface area contributed by atoms with Gasteiger partial charge < -0.3 is 14.4 Å². The maximum absolute atomic E-state index is 12.8. The van der Waals surface area contributed by atoms with Gasteiger partial charge >= 0.3 is 5.97 Å². The van der Waals surface area contributed by atoms with E-state index in [2.05, 4.69) is 5.10 Å². The van der Waals surface area contributed by atoms with Gasteiger partial charge in [-0.1, -0.05) is 23.7 Å². The molecular formula is C21H16ClN3O5. The van der Waals surface area contributed by atoms with Crippen molar-refractivity contribution in [2.75, 3.05) is 6.61 Å². The van der Waals surface area contributed by atoms with Crippen LogP contribution in [0, 0.1) is 5.21 Å². The van der Waals surface area contributed by atoms with Crippen LogP contribution in [0.15, 0.2) is 76.7 Å². The number of carbonyl (C=O) groups is 2. The third kappa shape index (κ3) is 4.18. The van der Waals surface area contributed by atoms with Crippen LogP contribution < -0.4 is 4.73 Å². The number of rotatable bonds is 5. The number of carbonyl (C=O) groups excluding carboxylic acids is 2. The molecule has 0 N–H and O–H groups in total. The van der Waals surface area contributed by atoms with E-state index in [9.17, 15) is 14.8 Å². The molecule has 30 heavy (non-hydrogen) atoms. The molecule has 9 heteroatoms. The van der Waals surface area contributed by atoms with Crippen molar-refractivity contribution in [3.63, 3.8) is 0 Å². The van der Waals surface area contributed by atoms with E-state index in [1.54, 1.807) is 24.3 Å². The van der Waals surface area contributed by atoms with Crippen molar-refractivity contribution in [2.24, 2.45) is 5.10 Å². The molecule has 3 heterocycles. The number of esters is 1. The van der Waals surface area contributed by atoms with E-state index in [0.717, 1.165) is 5.56 Å². The highest BCUT2D eigenvalue weighted by Gasteiger charge is 2.35. The molecule has 0 bridgehead atoms. The summed E-state index contributed by atoms with van der Waals surface area (Å²) in [6.45, 7) is -0.500. The van der Waals surface area contributed by atoms with E-state index in [1.165, 1.54) is 35.8 Å². The Hall–Kier alpha value is -3.65. The number of pyridine rings is 1. The highest BCUT2D eigenvalue weighted by atomic mass is 35.5. The summed E-state index contributed by atoms with van der Waals surface area (Å²) in [4.78, 5) is 24.9. The maximum atomic E-state index is 12.8. The summed E-state index contributed by atoms with van der Waals surface area (Å²) >= 11 is 5.95. The quantitative estimate of drug-likeness (QED) is 0.355. The number of hydrazone groups is 1. The molecular weight excluding hydrogens is 410 g/mol. The van der Waals surface area contributed by atoms with Gasteiger partial charge in [0.2, 0.25) is 0 Å². The van der Waals surface area contributed by atoms with E-state index >= 15 is 0 Å². The molecule has 152 valence electrons. The lowest BCUT2D eigenvalue weighted by Gasteiger charge is -2.19. The van der Waals surface area contributed by atoms with Crippen LogP contribution >= 0.6 is 11.6 Å². The molecule has 0 saturated heterocycles. The van der Waals surface area contributed by atoms with Crippen LogP contribution in [0.2, 0.25) is 5.02 Å². The lowest BCUT2D eigenvalue weighted by Crippen LogP contribution is -2.31. The van der Waals surface area contributed by atoms with Gasteiger partial charge in [-0.3, -0.25) is 4.79 Å². The fourth-order valence-corrected chi connectivity index (χ4v) is 3.21. The molecule has 0 aliphatic carbocycles. The van der Waals surface area contributed by atoms with Crippen molar-refractivity contribution >= 4 is 29.2 Å². The lowest BCUT2D eigenvalue weighted by molar-refractivity contribution is -0.605. The first-order valence-electron chi connectivity index (χ1n) is 9.06. The van der Waals surface area contributed by atoms with E-state index in [4.69, 9.17) is 20.8 Å². The molecule has 0 saturated carbocycles. The van der Waals surface area contributed by atoms with E-state index in [0.29, 0.717) is 27.6 Å². The molecule has 0 radical (unpaired) electrons. The van der Waals surface area contributed by atoms with Gasteiger partial charge in [0, 0.05) is 23.6 Å². The van der Waals surface area contributed by atoms with Crippen LogP contribution in [0.1, 0.15) is 34.1 Å². The smallest absolute Gasteiger partial charge is 0.339 e. The number of furan rings is 1. The lowest BCUT2D eigenvalue weighted by atomic mass is 10.0. The van der Waals surface area contributed by atoms with Crippen molar-refractivity contribution in [2.45, 2.75) is 12.5 Å². The Bertz CT molecular complexity index is 1080. The normalized spacial score (nSPS) is 15.7. The number of benzene rings is 1. The first-order valence-corrected chi connectivity index (χ1v) is 9.44. The molecule has 2 aromatic heterocycles. The summed E-state index contributed by atoms with van der Waals surface area (Å²) in [5.74, 6) is -0.631. The molecule has 1 aromatic carbocycles.